The van der Waals surface area contributed by atoms with Crippen LogP contribution in [0.5, 0.6) is 0 Å². The van der Waals surface area contributed by atoms with Crippen molar-refractivity contribution in [3.05, 3.63) is 35.9 Å². The van der Waals surface area contributed by atoms with E-state index in [2.05, 4.69) is 35.2 Å². The molecule has 0 aromatic heterocycles. The maximum Gasteiger partial charge on any atom is 0.490 e. The van der Waals surface area contributed by atoms with Crippen molar-refractivity contribution in [1.29, 1.82) is 0 Å². The lowest BCUT2D eigenvalue weighted by Gasteiger charge is -2.43. The van der Waals surface area contributed by atoms with Crippen LogP contribution in [0.25, 0.3) is 0 Å². The van der Waals surface area contributed by atoms with Crippen LogP contribution in [0.2, 0.25) is 0 Å². The minimum Gasteiger partial charge on any atom is -0.475 e. The van der Waals surface area contributed by atoms with E-state index in [0.29, 0.717) is 25.2 Å². The number of carbonyl (C=O) groups excluding carboxylic acids is 1. The van der Waals surface area contributed by atoms with Crippen LogP contribution in [0.15, 0.2) is 30.3 Å². The summed E-state index contributed by atoms with van der Waals surface area (Å²) in [5, 5.41) is 8.71. The molecule has 0 radical (unpaired) electrons. The highest BCUT2D eigenvalue weighted by molar-refractivity contribution is 5.78. The van der Waals surface area contributed by atoms with Crippen molar-refractivity contribution in [3.8, 4) is 0 Å². The van der Waals surface area contributed by atoms with E-state index in [1.54, 1.807) is 5.06 Å². The third-order valence-corrected chi connectivity index (χ3v) is 5.94. The Bertz CT molecular complexity index is 756. The Balaban J connectivity index is 0.000000360. The topological polar surface area (TPSA) is 79.3 Å². The minimum absolute atomic E-state index is 0.0453. The number of hydrogen-bond donors (Lipinski definition) is 1. The Morgan fingerprint density at radius 3 is 2.47 bits per heavy atom. The van der Waals surface area contributed by atoms with Crippen molar-refractivity contribution in [2.75, 3.05) is 32.8 Å². The molecule has 0 aliphatic carbocycles. The van der Waals surface area contributed by atoms with E-state index in [1.165, 1.54) is 5.56 Å². The van der Waals surface area contributed by atoms with E-state index in [9.17, 15) is 18.0 Å². The molecule has 1 N–H and O–H groups in total. The molecule has 3 atom stereocenters. The standard InChI is InChI=1S/C20H28N2O3.C2HF3O2/c23-20(22-9-4-5-11-25-22)18-12-17-14-21(10-8-19(17)24-15-18)13-16-6-2-1-3-7-16;3-2(4,5)1(6)7/h1-3,6-7,17-19H,4-5,8-15H2;(H,6,7)/t17-,18-,19+;/m1./s1. The third kappa shape index (κ3) is 6.91. The molecule has 0 saturated carbocycles. The maximum absolute atomic E-state index is 12.7. The van der Waals surface area contributed by atoms with Gasteiger partial charge in [-0.1, -0.05) is 30.3 Å². The number of halogens is 3. The number of hydrogen-bond acceptors (Lipinski definition) is 5. The largest absolute Gasteiger partial charge is 0.490 e. The van der Waals surface area contributed by atoms with E-state index in [4.69, 9.17) is 19.5 Å². The van der Waals surface area contributed by atoms with Gasteiger partial charge < -0.3 is 9.84 Å². The predicted molar refractivity (Wildman–Crippen MR) is 108 cm³/mol. The van der Waals surface area contributed by atoms with Crippen LogP contribution >= 0.6 is 0 Å². The highest BCUT2D eigenvalue weighted by Crippen LogP contribution is 2.33. The number of carboxylic acid groups (broad SMARTS) is 1. The minimum atomic E-state index is -5.08. The summed E-state index contributed by atoms with van der Waals surface area (Å²) in [4.78, 5) is 29.7. The van der Waals surface area contributed by atoms with Crippen molar-refractivity contribution < 1.29 is 37.4 Å². The molecule has 1 amide bonds. The van der Waals surface area contributed by atoms with Gasteiger partial charge in [0.05, 0.1) is 25.2 Å². The summed E-state index contributed by atoms with van der Waals surface area (Å²) in [6.45, 7) is 5.02. The van der Waals surface area contributed by atoms with Gasteiger partial charge in [-0.15, -0.1) is 0 Å². The van der Waals surface area contributed by atoms with Crippen LogP contribution in [0, 0.1) is 11.8 Å². The summed E-state index contributed by atoms with van der Waals surface area (Å²) in [6, 6.07) is 10.6. The smallest absolute Gasteiger partial charge is 0.475 e. The lowest BCUT2D eigenvalue weighted by atomic mass is 9.83. The number of piperidine rings is 1. The number of likely N-dealkylation sites (tertiary alicyclic amines) is 1. The van der Waals surface area contributed by atoms with Crippen molar-refractivity contribution in [2.24, 2.45) is 11.8 Å². The zero-order valence-corrected chi connectivity index (χ0v) is 17.8. The van der Waals surface area contributed by atoms with Crippen molar-refractivity contribution in [2.45, 2.75) is 44.5 Å². The number of fused-ring (bicyclic) bond motifs is 1. The highest BCUT2D eigenvalue weighted by atomic mass is 19.4. The first-order valence-electron chi connectivity index (χ1n) is 10.9. The number of nitrogens with zero attached hydrogens (tertiary/aromatic N) is 2. The average molecular weight is 458 g/mol. The molecule has 1 aromatic rings. The van der Waals surface area contributed by atoms with Gasteiger partial charge >= 0.3 is 12.1 Å². The fraction of sp³-hybridized carbons (Fsp3) is 0.636. The first kappa shape index (κ1) is 24.5. The molecule has 10 heteroatoms. The number of amides is 1. The van der Waals surface area contributed by atoms with Gasteiger partial charge in [0.2, 0.25) is 0 Å². The number of carboxylic acids is 1. The molecule has 0 bridgehead atoms. The lowest BCUT2D eigenvalue weighted by Crippen LogP contribution is -2.51. The fourth-order valence-electron chi connectivity index (χ4n) is 4.34. The van der Waals surface area contributed by atoms with Gasteiger partial charge in [0.15, 0.2) is 0 Å². The maximum atomic E-state index is 12.7. The Kier molecular flexibility index (Phi) is 8.50. The summed E-state index contributed by atoms with van der Waals surface area (Å²) < 4.78 is 37.8. The highest BCUT2D eigenvalue weighted by Gasteiger charge is 2.40. The molecular formula is C22H29F3N2O5. The average Bonchev–Trinajstić information content (AvgIpc) is 2.79. The molecule has 32 heavy (non-hydrogen) atoms. The van der Waals surface area contributed by atoms with Gasteiger partial charge in [-0.2, -0.15) is 13.2 Å². The van der Waals surface area contributed by atoms with E-state index in [0.717, 1.165) is 51.9 Å². The van der Waals surface area contributed by atoms with E-state index in [-0.39, 0.29) is 11.8 Å². The van der Waals surface area contributed by atoms with E-state index < -0.39 is 12.1 Å². The monoisotopic (exact) mass is 458 g/mol. The summed E-state index contributed by atoms with van der Waals surface area (Å²) in [7, 11) is 0. The molecule has 3 aliphatic rings. The van der Waals surface area contributed by atoms with Gasteiger partial charge in [0, 0.05) is 26.2 Å². The first-order valence-corrected chi connectivity index (χ1v) is 10.9. The predicted octanol–water partition coefficient (Wildman–Crippen LogP) is 3.10. The Morgan fingerprint density at radius 2 is 1.84 bits per heavy atom. The van der Waals surface area contributed by atoms with Crippen molar-refractivity contribution in [3.63, 3.8) is 0 Å². The Labute approximate surface area is 185 Å². The van der Waals surface area contributed by atoms with Gasteiger partial charge in [0.1, 0.15) is 0 Å². The molecule has 3 saturated heterocycles. The van der Waals surface area contributed by atoms with Gasteiger partial charge in [-0.05, 0) is 37.2 Å². The number of alkyl halides is 3. The molecule has 3 fully saturated rings. The van der Waals surface area contributed by atoms with Crippen LogP contribution in [0.1, 0.15) is 31.2 Å². The van der Waals surface area contributed by atoms with Crippen LogP contribution in [-0.2, 0) is 25.7 Å². The number of carbonyl (C=O) groups is 2. The van der Waals surface area contributed by atoms with Crippen LogP contribution in [0.4, 0.5) is 13.2 Å². The quantitative estimate of drug-likeness (QED) is 0.750. The molecule has 3 aliphatic heterocycles. The molecule has 7 nitrogen and oxygen atoms in total. The normalized spacial score (nSPS) is 26.5. The second kappa shape index (κ2) is 11.1. The van der Waals surface area contributed by atoms with Gasteiger partial charge in [0.25, 0.3) is 5.91 Å². The third-order valence-electron chi connectivity index (χ3n) is 5.94. The molecule has 4 rings (SSSR count). The van der Waals surface area contributed by atoms with Gasteiger partial charge in [-0.3, -0.25) is 14.5 Å². The number of benzene rings is 1. The van der Waals surface area contributed by atoms with Crippen LogP contribution in [0.3, 0.4) is 0 Å². The summed E-state index contributed by atoms with van der Waals surface area (Å²) >= 11 is 0. The zero-order chi connectivity index (χ0) is 23.1. The summed E-state index contributed by atoms with van der Waals surface area (Å²) in [5.41, 5.74) is 1.35. The van der Waals surface area contributed by atoms with Gasteiger partial charge in [-0.25, -0.2) is 9.86 Å². The van der Waals surface area contributed by atoms with Crippen molar-refractivity contribution in [1.82, 2.24) is 9.96 Å². The van der Waals surface area contributed by atoms with Crippen LogP contribution < -0.4 is 0 Å². The summed E-state index contributed by atoms with van der Waals surface area (Å²) in [5.74, 6) is -2.23. The second-order valence-corrected chi connectivity index (χ2v) is 8.36. The van der Waals surface area contributed by atoms with E-state index in [1.807, 2.05) is 0 Å². The Morgan fingerprint density at radius 1 is 1.12 bits per heavy atom. The SMILES string of the molecule is O=C(O)C(F)(F)F.O=C([C@H]1CO[C@H]2CCN(Cc3ccccc3)C[C@H]2C1)N1CCCCO1. The number of hydroxylamine groups is 2. The molecule has 0 unspecified atom stereocenters. The van der Waals surface area contributed by atoms with Crippen molar-refractivity contribution >= 4 is 11.9 Å². The number of ether oxygens (including phenoxy) is 1. The molecule has 0 spiro atoms. The summed E-state index contributed by atoms with van der Waals surface area (Å²) in [6.07, 6.45) is -0.688. The molecule has 3 heterocycles. The molecule has 178 valence electrons. The molecular weight excluding hydrogens is 429 g/mol. The Hall–Kier alpha value is -2.17. The van der Waals surface area contributed by atoms with Crippen LogP contribution in [-0.4, -0.2) is 72.1 Å². The number of rotatable bonds is 3. The lowest BCUT2D eigenvalue weighted by molar-refractivity contribution is -0.208. The zero-order valence-electron chi connectivity index (χ0n) is 17.8. The fourth-order valence-corrected chi connectivity index (χ4v) is 4.34. The first-order chi connectivity index (χ1) is 15.2. The van der Waals surface area contributed by atoms with E-state index >= 15 is 0 Å². The second-order valence-electron chi connectivity index (χ2n) is 8.36. The molecule has 1 aromatic carbocycles. The number of aliphatic carboxylic acids is 1.